The largest absolute Gasteiger partial charge is 0.383 e. The summed E-state index contributed by atoms with van der Waals surface area (Å²) in [5.41, 5.74) is 2.56. The van der Waals surface area contributed by atoms with Gasteiger partial charge in [0.2, 0.25) is 0 Å². The van der Waals surface area contributed by atoms with Crippen molar-refractivity contribution >= 4 is 11.6 Å². The highest BCUT2D eigenvalue weighted by Crippen LogP contribution is 2.15. The second-order valence-corrected chi connectivity index (χ2v) is 4.79. The van der Waals surface area contributed by atoms with Crippen LogP contribution in [0.4, 0.5) is 0 Å². The quantitative estimate of drug-likeness (QED) is 0.828. The molecule has 2 rings (SSSR count). The van der Waals surface area contributed by atoms with E-state index < -0.39 is 0 Å². The molecule has 2 aromatic rings. The third kappa shape index (κ3) is 4.23. The van der Waals surface area contributed by atoms with Gasteiger partial charge in [0, 0.05) is 32.1 Å². The molecule has 0 saturated carbocycles. The van der Waals surface area contributed by atoms with Crippen LogP contribution < -0.4 is 5.32 Å². The van der Waals surface area contributed by atoms with Crippen molar-refractivity contribution in [3.8, 4) is 11.5 Å². The molecule has 0 bridgehead atoms. The van der Waals surface area contributed by atoms with Crippen LogP contribution in [0.2, 0.25) is 5.02 Å². The number of pyridine rings is 1. The van der Waals surface area contributed by atoms with Crippen LogP contribution in [-0.4, -0.2) is 35.2 Å². The highest BCUT2D eigenvalue weighted by molar-refractivity contribution is 6.30. The van der Waals surface area contributed by atoms with Crippen molar-refractivity contribution in [2.75, 3.05) is 20.3 Å². The standard InChI is InChI=1S/C14H17ClN4O/c1-10-7-12(9-16-5-6-20-2)19-14(18-10)13-4-3-11(15)8-17-13/h3-4,7-8,16H,5-6,9H2,1-2H3. The lowest BCUT2D eigenvalue weighted by Crippen LogP contribution is -2.19. The van der Waals surface area contributed by atoms with E-state index in [1.165, 1.54) is 0 Å². The molecule has 20 heavy (non-hydrogen) atoms. The zero-order chi connectivity index (χ0) is 14.4. The van der Waals surface area contributed by atoms with Gasteiger partial charge in [-0.1, -0.05) is 11.6 Å². The van der Waals surface area contributed by atoms with E-state index in [1.807, 2.05) is 19.1 Å². The number of aryl methyl sites for hydroxylation is 1. The zero-order valence-electron chi connectivity index (χ0n) is 11.6. The predicted octanol–water partition coefficient (Wildman–Crippen LogP) is 2.24. The third-order valence-electron chi connectivity index (χ3n) is 2.65. The first-order valence-electron chi connectivity index (χ1n) is 6.35. The van der Waals surface area contributed by atoms with Crippen LogP contribution >= 0.6 is 11.6 Å². The average Bonchev–Trinajstić information content (AvgIpc) is 2.44. The van der Waals surface area contributed by atoms with Gasteiger partial charge in [-0.25, -0.2) is 9.97 Å². The van der Waals surface area contributed by atoms with E-state index in [0.717, 1.165) is 23.6 Å². The summed E-state index contributed by atoms with van der Waals surface area (Å²) in [5.74, 6) is 0.616. The summed E-state index contributed by atoms with van der Waals surface area (Å²) in [4.78, 5) is 13.2. The van der Waals surface area contributed by atoms with Gasteiger partial charge in [-0.2, -0.15) is 0 Å². The summed E-state index contributed by atoms with van der Waals surface area (Å²) in [6.45, 7) is 4.08. The SMILES string of the molecule is COCCNCc1cc(C)nc(-c2ccc(Cl)cn2)n1. The topological polar surface area (TPSA) is 59.9 Å². The number of hydrogen-bond acceptors (Lipinski definition) is 5. The minimum atomic E-state index is 0.600. The summed E-state index contributed by atoms with van der Waals surface area (Å²) in [7, 11) is 1.68. The third-order valence-corrected chi connectivity index (χ3v) is 2.88. The molecule has 106 valence electrons. The second kappa shape index (κ2) is 7.28. The smallest absolute Gasteiger partial charge is 0.178 e. The number of ether oxygens (including phenoxy) is 1. The maximum Gasteiger partial charge on any atom is 0.178 e. The van der Waals surface area contributed by atoms with E-state index >= 15 is 0 Å². The molecule has 0 aliphatic carbocycles. The summed E-state index contributed by atoms with van der Waals surface area (Å²) >= 11 is 5.83. The first kappa shape index (κ1) is 14.8. The maximum absolute atomic E-state index is 5.83. The first-order valence-corrected chi connectivity index (χ1v) is 6.73. The minimum absolute atomic E-state index is 0.600. The first-order chi connectivity index (χ1) is 9.69. The molecule has 6 heteroatoms. The molecular weight excluding hydrogens is 276 g/mol. The molecule has 0 unspecified atom stereocenters. The minimum Gasteiger partial charge on any atom is -0.383 e. The molecule has 0 saturated heterocycles. The van der Waals surface area contributed by atoms with Crippen molar-refractivity contribution in [2.24, 2.45) is 0 Å². The van der Waals surface area contributed by atoms with Crippen LogP contribution in [0.1, 0.15) is 11.4 Å². The van der Waals surface area contributed by atoms with Crippen LogP contribution in [0.3, 0.4) is 0 Å². The van der Waals surface area contributed by atoms with Gasteiger partial charge in [0.15, 0.2) is 5.82 Å². The Morgan fingerprint density at radius 2 is 2.15 bits per heavy atom. The predicted molar refractivity (Wildman–Crippen MR) is 78.6 cm³/mol. The summed E-state index contributed by atoms with van der Waals surface area (Å²) in [5, 5.41) is 3.86. The normalized spacial score (nSPS) is 10.8. The van der Waals surface area contributed by atoms with E-state index in [-0.39, 0.29) is 0 Å². The van der Waals surface area contributed by atoms with Gasteiger partial charge in [0.05, 0.1) is 17.3 Å². The number of nitrogens with zero attached hydrogens (tertiary/aromatic N) is 3. The van der Waals surface area contributed by atoms with Gasteiger partial charge in [-0.15, -0.1) is 0 Å². The van der Waals surface area contributed by atoms with Crippen LogP contribution in [0.5, 0.6) is 0 Å². The molecular formula is C14H17ClN4O. The van der Waals surface area contributed by atoms with Crippen molar-refractivity contribution in [1.29, 1.82) is 0 Å². The van der Waals surface area contributed by atoms with E-state index in [0.29, 0.717) is 24.0 Å². The van der Waals surface area contributed by atoms with Crippen molar-refractivity contribution in [3.05, 3.63) is 40.8 Å². The molecule has 0 aliphatic heterocycles. The molecule has 2 aromatic heterocycles. The Hall–Kier alpha value is -1.56. The maximum atomic E-state index is 5.83. The number of rotatable bonds is 6. The number of methoxy groups -OCH3 is 1. The summed E-state index contributed by atoms with van der Waals surface area (Å²) < 4.78 is 4.99. The second-order valence-electron chi connectivity index (χ2n) is 4.36. The van der Waals surface area contributed by atoms with Crippen LogP contribution in [0, 0.1) is 6.92 Å². The van der Waals surface area contributed by atoms with Crippen molar-refractivity contribution in [2.45, 2.75) is 13.5 Å². The lowest BCUT2D eigenvalue weighted by molar-refractivity contribution is 0.199. The number of aromatic nitrogens is 3. The van der Waals surface area contributed by atoms with Gasteiger partial charge in [0.1, 0.15) is 5.69 Å². The molecule has 2 heterocycles. The lowest BCUT2D eigenvalue weighted by Gasteiger charge is -2.07. The number of hydrogen-bond donors (Lipinski definition) is 1. The van der Waals surface area contributed by atoms with E-state index in [2.05, 4.69) is 20.3 Å². The van der Waals surface area contributed by atoms with E-state index in [9.17, 15) is 0 Å². The van der Waals surface area contributed by atoms with Gasteiger partial charge >= 0.3 is 0 Å². The van der Waals surface area contributed by atoms with E-state index in [4.69, 9.17) is 16.3 Å². The molecule has 0 amide bonds. The monoisotopic (exact) mass is 292 g/mol. The van der Waals surface area contributed by atoms with Crippen molar-refractivity contribution < 1.29 is 4.74 Å². The molecule has 0 atom stereocenters. The lowest BCUT2D eigenvalue weighted by atomic mass is 10.3. The molecule has 0 radical (unpaired) electrons. The van der Waals surface area contributed by atoms with Crippen molar-refractivity contribution in [3.63, 3.8) is 0 Å². The Morgan fingerprint density at radius 1 is 1.30 bits per heavy atom. The van der Waals surface area contributed by atoms with Crippen LogP contribution in [0.25, 0.3) is 11.5 Å². The Bertz CT molecular complexity index is 560. The Morgan fingerprint density at radius 3 is 2.85 bits per heavy atom. The van der Waals surface area contributed by atoms with Crippen molar-refractivity contribution in [1.82, 2.24) is 20.3 Å². The Labute approximate surface area is 123 Å². The molecule has 0 fully saturated rings. The zero-order valence-corrected chi connectivity index (χ0v) is 12.3. The molecule has 1 N–H and O–H groups in total. The molecule has 0 spiro atoms. The van der Waals surface area contributed by atoms with Gasteiger partial charge in [0.25, 0.3) is 0 Å². The fraction of sp³-hybridized carbons (Fsp3) is 0.357. The molecule has 0 aliphatic rings. The van der Waals surface area contributed by atoms with Gasteiger partial charge in [-0.05, 0) is 25.1 Å². The van der Waals surface area contributed by atoms with E-state index in [1.54, 1.807) is 19.4 Å². The fourth-order valence-corrected chi connectivity index (χ4v) is 1.85. The summed E-state index contributed by atoms with van der Waals surface area (Å²) in [6.07, 6.45) is 1.60. The van der Waals surface area contributed by atoms with Gasteiger partial charge < -0.3 is 10.1 Å². The Kier molecular flexibility index (Phi) is 5.40. The fourth-order valence-electron chi connectivity index (χ4n) is 1.74. The van der Waals surface area contributed by atoms with Gasteiger partial charge in [-0.3, -0.25) is 4.98 Å². The highest BCUT2D eigenvalue weighted by atomic mass is 35.5. The molecule has 5 nitrogen and oxygen atoms in total. The summed E-state index contributed by atoms with van der Waals surface area (Å²) in [6, 6.07) is 5.56. The average molecular weight is 293 g/mol. The van der Waals surface area contributed by atoms with Crippen LogP contribution in [0.15, 0.2) is 24.4 Å². The van der Waals surface area contributed by atoms with Crippen LogP contribution in [-0.2, 0) is 11.3 Å². The Balaban J connectivity index is 2.13. The number of halogens is 1. The highest BCUT2D eigenvalue weighted by Gasteiger charge is 2.06. The number of nitrogens with one attached hydrogen (secondary N) is 1. The molecule has 0 aromatic carbocycles.